The number of hydrogen-bond donors (Lipinski definition) is 3. The maximum absolute atomic E-state index is 13.0. The SMILES string of the molecule is CC1NNC(C)C1C(=O)N1CCC2(CC1)CC2CNC(=O)c1cc2ccncc2o1. The van der Waals surface area contributed by atoms with E-state index in [1.807, 2.05) is 11.0 Å². The average Bonchev–Trinajstić information content (AvgIpc) is 3.08. The molecule has 4 heterocycles. The van der Waals surface area contributed by atoms with E-state index in [1.54, 1.807) is 18.5 Å². The van der Waals surface area contributed by atoms with E-state index >= 15 is 0 Å². The molecule has 1 saturated carbocycles. The van der Waals surface area contributed by atoms with Gasteiger partial charge in [0.2, 0.25) is 5.91 Å². The van der Waals surface area contributed by atoms with Crippen LogP contribution in [0.5, 0.6) is 0 Å². The number of carbonyl (C=O) groups is 2. The zero-order valence-corrected chi connectivity index (χ0v) is 17.5. The van der Waals surface area contributed by atoms with E-state index in [4.69, 9.17) is 4.42 Å². The molecule has 2 amide bonds. The summed E-state index contributed by atoms with van der Waals surface area (Å²) in [6, 6.07) is 3.90. The number of fused-ring (bicyclic) bond motifs is 1. The van der Waals surface area contributed by atoms with Crippen LogP contribution in [0, 0.1) is 17.3 Å². The van der Waals surface area contributed by atoms with Crippen molar-refractivity contribution in [3.05, 3.63) is 30.3 Å². The highest BCUT2D eigenvalue weighted by molar-refractivity contribution is 5.95. The number of amides is 2. The molecule has 3 fully saturated rings. The summed E-state index contributed by atoms with van der Waals surface area (Å²) >= 11 is 0. The van der Waals surface area contributed by atoms with Crippen molar-refractivity contribution >= 4 is 22.8 Å². The molecule has 0 radical (unpaired) electrons. The molecule has 8 heteroatoms. The largest absolute Gasteiger partial charge is 0.449 e. The van der Waals surface area contributed by atoms with Crippen molar-refractivity contribution < 1.29 is 14.0 Å². The molecule has 2 aromatic heterocycles. The minimum Gasteiger partial charge on any atom is -0.449 e. The van der Waals surface area contributed by atoms with Gasteiger partial charge in [-0.05, 0) is 56.6 Å². The number of furan rings is 1. The van der Waals surface area contributed by atoms with Crippen LogP contribution >= 0.6 is 0 Å². The molecule has 1 spiro atoms. The normalized spacial score (nSPS) is 30.0. The number of aromatic nitrogens is 1. The minimum atomic E-state index is -0.176. The van der Waals surface area contributed by atoms with Gasteiger partial charge in [0.05, 0.1) is 12.1 Å². The highest BCUT2D eigenvalue weighted by Crippen LogP contribution is 2.59. The quantitative estimate of drug-likeness (QED) is 0.708. The van der Waals surface area contributed by atoms with Gasteiger partial charge in [-0.15, -0.1) is 0 Å². The Morgan fingerprint density at radius 1 is 1.27 bits per heavy atom. The Bertz CT molecular complexity index is 922. The Morgan fingerprint density at radius 2 is 2.00 bits per heavy atom. The Balaban J connectivity index is 1.12. The van der Waals surface area contributed by atoms with Crippen LogP contribution in [0.1, 0.15) is 43.7 Å². The number of pyridine rings is 1. The molecule has 5 rings (SSSR count). The van der Waals surface area contributed by atoms with Crippen LogP contribution in [0.15, 0.2) is 28.9 Å². The first kappa shape index (κ1) is 19.5. The standard InChI is InChI=1S/C22H29N5O3/c1-13-19(14(2)26-25-13)21(29)27-7-4-22(5-8-27)10-16(22)11-24-20(28)17-9-15-3-6-23-12-18(15)30-17/h3,6,9,12-14,16,19,25-26H,4-5,7-8,10-11H2,1-2H3,(H,24,28). The van der Waals surface area contributed by atoms with E-state index in [2.05, 4.69) is 35.0 Å². The number of rotatable bonds is 4. The van der Waals surface area contributed by atoms with Crippen molar-refractivity contribution in [3.63, 3.8) is 0 Å². The number of nitrogens with zero attached hydrogens (tertiary/aromatic N) is 2. The molecule has 3 unspecified atom stereocenters. The third-order valence-corrected chi connectivity index (χ3v) is 7.39. The lowest BCUT2D eigenvalue weighted by atomic mass is 9.88. The maximum atomic E-state index is 13.0. The zero-order valence-electron chi connectivity index (χ0n) is 17.5. The molecule has 160 valence electrons. The molecule has 3 atom stereocenters. The molecule has 8 nitrogen and oxygen atoms in total. The lowest BCUT2D eigenvalue weighted by Crippen LogP contribution is -2.47. The number of carbonyl (C=O) groups excluding carboxylic acids is 2. The summed E-state index contributed by atoms with van der Waals surface area (Å²) < 4.78 is 5.60. The molecule has 2 aromatic rings. The Labute approximate surface area is 175 Å². The average molecular weight is 412 g/mol. The van der Waals surface area contributed by atoms with Gasteiger partial charge < -0.3 is 14.6 Å². The Morgan fingerprint density at radius 3 is 2.70 bits per heavy atom. The molecule has 2 saturated heterocycles. The van der Waals surface area contributed by atoms with E-state index in [0.29, 0.717) is 23.8 Å². The van der Waals surface area contributed by atoms with Gasteiger partial charge in [-0.1, -0.05) is 0 Å². The minimum absolute atomic E-state index is 0.00709. The predicted molar refractivity (Wildman–Crippen MR) is 111 cm³/mol. The van der Waals surface area contributed by atoms with E-state index < -0.39 is 0 Å². The molecule has 3 aliphatic rings. The molecule has 1 aliphatic carbocycles. The third kappa shape index (κ3) is 3.37. The van der Waals surface area contributed by atoms with E-state index in [0.717, 1.165) is 37.7 Å². The van der Waals surface area contributed by atoms with Crippen molar-refractivity contribution in [3.8, 4) is 0 Å². The monoisotopic (exact) mass is 411 g/mol. The summed E-state index contributed by atoms with van der Waals surface area (Å²) in [7, 11) is 0. The van der Waals surface area contributed by atoms with Crippen molar-refractivity contribution in [2.45, 2.75) is 45.2 Å². The molecule has 30 heavy (non-hydrogen) atoms. The second-order valence-corrected chi connectivity index (χ2v) is 9.21. The van der Waals surface area contributed by atoms with Crippen LogP contribution < -0.4 is 16.2 Å². The van der Waals surface area contributed by atoms with E-state index in [1.165, 1.54) is 0 Å². The van der Waals surface area contributed by atoms with Gasteiger partial charge in [-0.2, -0.15) is 0 Å². The summed E-state index contributed by atoms with van der Waals surface area (Å²) in [5.74, 6) is 0.886. The van der Waals surface area contributed by atoms with Crippen molar-refractivity contribution in [2.75, 3.05) is 19.6 Å². The fraction of sp³-hybridized carbons (Fsp3) is 0.591. The number of hydrazine groups is 1. The van der Waals surface area contributed by atoms with Gasteiger partial charge in [-0.25, -0.2) is 0 Å². The van der Waals surface area contributed by atoms with Crippen LogP contribution in [0.25, 0.3) is 11.0 Å². The first-order valence-electron chi connectivity index (χ1n) is 10.9. The number of likely N-dealkylation sites (tertiary alicyclic amines) is 1. The van der Waals surface area contributed by atoms with Gasteiger partial charge in [-0.3, -0.25) is 25.4 Å². The van der Waals surface area contributed by atoms with Crippen molar-refractivity contribution in [1.29, 1.82) is 0 Å². The molecular weight excluding hydrogens is 382 g/mol. The van der Waals surface area contributed by atoms with Crippen LogP contribution in [0.2, 0.25) is 0 Å². The van der Waals surface area contributed by atoms with Crippen molar-refractivity contribution in [1.82, 2.24) is 26.1 Å². The topological polar surface area (TPSA) is 99.5 Å². The molecule has 3 N–H and O–H groups in total. The number of piperidine rings is 1. The van der Waals surface area contributed by atoms with Crippen LogP contribution in [0.4, 0.5) is 0 Å². The highest BCUT2D eigenvalue weighted by atomic mass is 16.3. The molecule has 0 aromatic carbocycles. The van der Waals surface area contributed by atoms with Crippen LogP contribution in [0.3, 0.4) is 0 Å². The Kier molecular flexibility index (Phi) is 4.78. The summed E-state index contributed by atoms with van der Waals surface area (Å²) in [5.41, 5.74) is 7.26. The van der Waals surface area contributed by atoms with Gasteiger partial charge in [0, 0.05) is 43.3 Å². The smallest absolute Gasteiger partial charge is 0.287 e. The first-order valence-corrected chi connectivity index (χ1v) is 10.9. The van der Waals surface area contributed by atoms with Gasteiger partial charge in [0.25, 0.3) is 5.91 Å². The van der Waals surface area contributed by atoms with E-state index in [-0.39, 0.29) is 35.2 Å². The summed E-state index contributed by atoms with van der Waals surface area (Å²) in [4.78, 5) is 31.5. The summed E-state index contributed by atoms with van der Waals surface area (Å²) in [5, 5.41) is 3.91. The third-order valence-electron chi connectivity index (χ3n) is 7.39. The zero-order chi connectivity index (χ0) is 20.9. The lowest BCUT2D eigenvalue weighted by molar-refractivity contribution is -0.137. The molecule has 2 aliphatic heterocycles. The predicted octanol–water partition coefficient (Wildman–Crippen LogP) is 1.69. The lowest BCUT2D eigenvalue weighted by Gasteiger charge is -2.35. The van der Waals surface area contributed by atoms with E-state index in [9.17, 15) is 9.59 Å². The van der Waals surface area contributed by atoms with Crippen LogP contribution in [-0.2, 0) is 4.79 Å². The molecular formula is C22H29N5O3. The second kappa shape index (κ2) is 7.35. The molecule has 0 bridgehead atoms. The van der Waals surface area contributed by atoms with Gasteiger partial charge in [0.1, 0.15) is 0 Å². The first-order chi connectivity index (χ1) is 14.5. The number of hydrogen-bond acceptors (Lipinski definition) is 6. The fourth-order valence-electron chi connectivity index (χ4n) is 5.32. The van der Waals surface area contributed by atoms with Gasteiger partial charge >= 0.3 is 0 Å². The number of nitrogens with one attached hydrogen (secondary N) is 3. The maximum Gasteiger partial charge on any atom is 0.287 e. The fourth-order valence-corrected chi connectivity index (χ4v) is 5.32. The van der Waals surface area contributed by atoms with Crippen molar-refractivity contribution in [2.24, 2.45) is 17.3 Å². The van der Waals surface area contributed by atoms with Crippen LogP contribution in [-0.4, -0.2) is 53.4 Å². The second-order valence-electron chi connectivity index (χ2n) is 9.21. The summed E-state index contributed by atoms with van der Waals surface area (Å²) in [6.45, 7) is 6.41. The Hall–Kier alpha value is -2.45. The van der Waals surface area contributed by atoms with Gasteiger partial charge in [0.15, 0.2) is 11.3 Å². The summed E-state index contributed by atoms with van der Waals surface area (Å²) in [6.07, 6.45) is 6.47. The highest BCUT2D eigenvalue weighted by Gasteiger charge is 2.55.